The van der Waals surface area contributed by atoms with Crippen molar-refractivity contribution in [3.05, 3.63) is 71.5 Å². The summed E-state index contributed by atoms with van der Waals surface area (Å²) in [5.74, 6) is -0.188. The molecule has 0 spiro atoms. The molecule has 0 heterocycles. The van der Waals surface area contributed by atoms with E-state index in [1.54, 1.807) is 12.1 Å². The van der Waals surface area contributed by atoms with Gasteiger partial charge in [0.25, 0.3) is 0 Å². The van der Waals surface area contributed by atoms with E-state index in [1.807, 2.05) is 24.3 Å². The fourth-order valence-corrected chi connectivity index (χ4v) is 2.05. The van der Waals surface area contributed by atoms with Crippen molar-refractivity contribution in [2.45, 2.75) is 19.4 Å². The van der Waals surface area contributed by atoms with E-state index in [1.165, 1.54) is 6.07 Å². The van der Waals surface area contributed by atoms with Crippen LogP contribution in [0, 0.1) is 5.82 Å². The SMILES string of the molecule is CCCNC(c1ccccc1)c1cccc(F)c1. The minimum Gasteiger partial charge on any atom is -0.306 e. The maximum atomic E-state index is 13.3. The Balaban J connectivity index is 2.31. The van der Waals surface area contributed by atoms with Crippen LogP contribution in [0.3, 0.4) is 0 Å². The Bertz CT molecular complexity index is 481. The van der Waals surface area contributed by atoms with Crippen molar-refractivity contribution in [1.82, 2.24) is 5.32 Å². The van der Waals surface area contributed by atoms with Gasteiger partial charge in [0.15, 0.2) is 0 Å². The largest absolute Gasteiger partial charge is 0.306 e. The van der Waals surface area contributed by atoms with Crippen molar-refractivity contribution in [3.63, 3.8) is 0 Å². The summed E-state index contributed by atoms with van der Waals surface area (Å²) in [5, 5.41) is 3.46. The van der Waals surface area contributed by atoms with Crippen molar-refractivity contribution in [1.29, 1.82) is 0 Å². The number of hydrogen-bond donors (Lipinski definition) is 1. The average molecular weight is 243 g/mol. The number of hydrogen-bond acceptors (Lipinski definition) is 1. The van der Waals surface area contributed by atoms with E-state index < -0.39 is 0 Å². The van der Waals surface area contributed by atoms with Gasteiger partial charge in [0.2, 0.25) is 0 Å². The highest BCUT2D eigenvalue weighted by Crippen LogP contribution is 2.22. The Hall–Kier alpha value is -1.67. The molecule has 2 aromatic carbocycles. The fourth-order valence-electron chi connectivity index (χ4n) is 2.05. The van der Waals surface area contributed by atoms with E-state index >= 15 is 0 Å². The molecule has 1 N–H and O–H groups in total. The van der Waals surface area contributed by atoms with Gasteiger partial charge in [0, 0.05) is 0 Å². The molecule has 94 valence electrons. The number of benzene rings is 2. The van der Waals surface area contributed by atoms with E-state index in [0.717, 1.165) is 24.1 Å². The van der Waals surface area contributed by atoms with Crippen LogP contribution in [0.15, 0.2) is 54.6 Å². The summed E-state index contributed by atoms with van der Waals surface area (Å²) in [5.41, 5.74) is 2.13. The van der Waals surface area contributed by atoms with Crippen LogP contribution >= 0.6 is 0 Å². The minimum atomic E-state index is -0.188. The van der Waals surface area contributed by atoms with Crippen LogP contribution in [0.1, 0.15) is 30.5 Å². The maximum absolute atomic E-state index is 13.3. The van der Waals surface area contributed by atoms with Crippen molar-refractivity contribution in [2.24, 2.45) is 0 Å². The summed E-state index contributed by atoms with van der Waals surface area (Å²) in [6.45, 7) is 3.04. The molecule has 0 saturated heterocycles. The molecule has 1 atom stereocenters. The van der Waals surface area contributed by atoms with Gasteiger partial charge in [-0.05, 0) is 36.2 Å². The topological polar surface area (TPSA) is 12.0 Å². The molecule has 1 unspecified atom stereocenters. The second-order valence-corrected chi connectivity index (χ2v) is 4.35. The van der Waals surface area contributed by atoms with Gasteiger partial charge in [-0.3, -0.25) is 0 Å². The Labute approximate surface area is 108 Å². The quantitative estimate of drug-likeness (QED) is 0.839. The van der Waals surface area contributed by atoms with Crippen molar-refractivity contribution in [3.8, 4) is 0 Å². The Morgan fingerprint density at radius 3 is 2.39 bits per heavy atom. The smallest absolute Gasteiger partial charge is 0.123 e. The summed E-state index contributed by atoms with van der Waals surface area (Å²) in [4.78, 5) is 0. The van der Waals surface area contributed by atoms with Gasteiger partial charge >= 0.3 is 0 Å². The molecule has 0 radical (unpaired) electrons. The molecule has 1 nitrogen and oxygen atoms in total. The zero-order valence-electron chi connectivity index (χ0n) is 10.6. The maximum Gasteiger partial charge on any atom is 0.123 e. The van der Waals surface area contributed by atoms with Crippen LogP contribution in [0.5, 0.6) is 0 Å². The molecule has 18 heavy (non-hydrogen) atoms. The van der Waals surface area contributed by atoms with Gasteiger partial charge in [0.05, 0.1) is 6.04 Å². The lowest BCUT2D eigenvalue weighted by Crippen LogP contribution is -2.23. The number of rotatable bonds is 5. The zero-order valence-corrected chi connectivity index (χ0v) is 10.6. The van der Waals surface area contributed by atoms with E-state index in [0.29, 0.717) is 0 Å². The van der Waals surface area contributed by atoms with Crippen molar-refractivity contribution < 1.29 is 4.39 Å². The summed E-state index contributed by atoms with van der Waals surface area (Å²) in [6.07, 6.45) is 1.05. The third-order valence-electron chi connectivity index (χ3n) is 2.91. The molecular weight excluding hydrogens is 225 g/mol. The van der Waals surface area contributed by atoms with E-state index in [9.17, 15) is 4.39 Å². The van der Waals surface area contributed by atoms with Gasteiger partial charge in [-0.25, -0.2) is 4.39 Å². The summed E-state index contributed by atoms with van der Waals surface area (Å²) < 4.78 is 13.3. The van der Waals surface area contributed by atoms with Crippen molar-refractivity contribution in [2.75, 3.05) is 6.54 Å². The van der Waals surface area contributed by atoms with Gasteiger partial charge in [0.1, 0.15) is 5.82 Å². The second-order valence-electron chi connectivity index (χ2n) is 4.35. The molecule has 0 aliphatic carbocycles. The Kier molecular flexibility index (Phi) is 4.48. The lowest BCUT2D eigenvalue weighted by atomic mass is 9.98. The monoisotopic (exact) mass is 243 g/mol. The molecule has 0 saturated carbocycles. The highest BCUT2D eigenvalue weighted by molar-refractivity contribution is 5.31. The molecule has 2 aromatic rings. The highest BCUT2D eigenvalue weighted by atomic mass is 19.1. The molecule has 0 aliphatic rings. The highest BCUT2D eigenvalue weighted by Gasteiger charge is 2.13. The first-order chi connectivity index (χ1) is 8.81. The fraction of sp³-hybridized carbons (Fsp3) is 0.250. The third kappa shape index (κ3) is 3.17. The number of halogens is 1. The summed E-state index contributed by atoms with van der Waals surface area (Å²) >= 11 is 0. The van der Waals surface area contributed by atoms with Crippen LogP contribution < -0.4 is 5.32 Å². The van der Waals surface area contributed by atoms with Gasteiger partial charge in [-0.1, -0.05) is 49.4 Å². The Morgan fingerprint density at radius 1 is 1.00 bits per heavy atom. The molecular formula is C16H18FN. The molecule has 2 rings (SSSR count). The van der Waals surface area contributed by atoms with E-state index in [2.05, 4.69) is 24.4 Å². The first kappa shape index (κ1) is 12.8. The van der Waals surface area contributed by atoms with Gasteiger partial charge in [-0.15, -0.1) is 0 Å². The standard InChI is InChI=1S/C16H18FN/c1-2-11-18-16(13-7-4-3-5-8-13)14-9-6-10-15(17)12-14/h3-10,12,16,18H,2,11H2,1H3. The molecule has 0 aromatic heterocycles. The lowest BCUT2D eigenvalue weighted by molar-refractivity contribution is 0.585. The first-order valence-electron chi connectivity index (χ1n) is 6.35. The average Bonchev–Trinajstić information content (AvgIpc) is 2.40. The van der Waals surface area contributed by atoms with E-state index in [-0.39, 0.29) is 11.9 Å². The molecule has 0 fully saturated rings. The van der Waals surface area contributed by atoms with Crippen LogP contribution in [0.4, 0.5) is 4.39 Å². The normalized spacial score (nSPS) is 12.3. The van der Waals surface area contributed by atoms with E-state index in [4.69, 9.17) is 0 Å². The molecule has 0 bridgehead atoms. The molecule has 0 aliphatic heterocycles. The first-order valence-corrected chi connectivity index (χ1v) is 6.35. The lowest BCUT2D eigenvalue weighted by Gasteiger charge is -2.19. The van der Waals surface area contributed by atoms with Crippen LogP contribution in [-0.4, -0.2) is 6.54 Å². The van der Waals surface area contributed by atoms with Crippen LogP contribution in [0.2, 0.25) is 0 Å². The van der Waals surface area contributed by atoms with Crippen molar-refractivity contribution >= 4 is 0 Å². The molecule has 0 amide bonds. The second kappa shape index (κ2) is 6.31. The zero-order chi connectivity index (χ0) is 12.8. The molecule has 2 heteroatoms. The predicted octanol–water partition coefficient (Wildman–Crippen LogP) is 3.91. The van der Waals surface area contributed by atoms with Gasteiger partial charge < -0.3 is 5.32 Å². The van der Waals surface area contributed by atoms with Crippen LogP contribution in [-0.2, 0) is 0 Å². The van der Waals surface area contributed by atoms with Gasteiger partial charge in [-0.2, -0.15) is 0 Å². The summed E-state index contributed by atoms with van der Waals surface area (Å²) in [6, 6.07) is 17.0. The predicted molar refractivity (Wildman–Crippen MR) is 73.0 cm³/mol. The Morgan fingerprint density at radius 2 is 1.72 bits per heavy atom. The minimum absolute atomic E-state index is 0.0573. The summed E-state index contributed by atoms with van der Waals surface area (Å²) in [7, 11) is 0. The number of nitrogens with one attached hydrogen (secondary N) is 1. The third-order valence-corrected chi connectivity index (χ3v) is 2.91. The van der Waals surface area contributed by atoms with Crippen LogP contribution in [0.25, 0.3) is 0 Å².